The summed E-state index contributed by atoms with van der Waals surface area (Å²) in [6, 6.07) is 10.1. The monoisotopic (exact) mass is 312 g/mol. The van der Waals surface area contributed by atoms with Crippen LogP contribution in [0.4, 0.5) is 5.13 Å². The Kier molecular flexibility index (Phi) is 3.70. The fourth-order valence-electron chi connectivity index (χ4n) is 4.11. The van der Waals surface area contributed by atoms with Crippen molar-refractivity contribution in [2.45, 2.75) is 32.1 Å². The van der Waals surface area contributed by atoms with Gasteiger partial charge < -0.3 is 5.32 Å². The van der Waals surface area contributed by atoms with E-state index in [0.29, 0.717) is 17.5 Å². The molecule has 4 rings (SSSR count). The van der Waals surface area contributed by atoms with Crippen molar-refractivity contribution in [3.05, 3.63) is 35.7 Å². The molecule has 0 radical (unpaired) electrons. The lowest BCUT2D eigenvalue weighted by Gasteiger charge is -2.20. The summed E-state index contributed by atoms with van der Waals surface area (Å²) < 4.78 is 0. The van der Waals surface area contributed by atoms with Crippen LogP contribution in [-0.2, 0) is 4.79 Å². The molecule has 0 saturated heterocycles. The molecule has 2 bridgehead atoms. The van der Waals surface area contributed by atoms with Crippen LogP contribution in [-0.4, -0.2) is 10.9 Å². The number of hydrogen-bond acceptors (Lipinski definition) is 3. The van der Waals surface area contributed by atoms with Crippen molar-refractivity contribution in [2.24, 2.45) is 17.8 Å². The molecule has 2 aliphatic rings. The van der Waals surface area contributed by atoms with Gasteiger partial charge in [0.25, 0.3) is 0 Å². The average Bonchev–Trinajstić information content (AvgIpc) is 3.24. The molecule has 1 aromatic heterocycles. The van der Waals surface area contributed by atoms with E-state index in [4.69, 9.17) is 0 Å². The Hall–Kier alpha value is -1.68. The number of amides is 1. The van der Waals surface area contributed by atoms with Gasteiger partial charge in [-0.25, -0.2) is 4.98 Å². The maximum atomic E-state index is 12.2. The number of nitrogens with one attached hydrogen (secondary N) is 1. The standard InChI is InChI=1S/C18H20N2OS/c21-17(10-15-9-12-6-7-14(15)8-12)20-18-19-16(11-22-18)13-4-2-1-3-5-13/h1-5,11-12,14-15H,6-10H2,(H,19,20,21)/t12-,14-,15+/m0/s1. The topological polar surface area (TPSA) is 42.0 Å². The second-order valence-corrected chi connectivity index (χ2v) is 7.45. The van der Waals surface area contributed by atoms with Crippen molar-refractivity contribution >= 4 is 22.4 Å². The highest BCUT2D eigenvalue weighted by molar-refractivity contribution is 7.14. The van der Waals surface area contributed by atoms with Crippen LogP contribution in [0.1, 0.15) is 32.1 Å². The molecule has 1 N–H and O–H groups in total. The minimum atomic E-state index is 0.131. The molecule has 2 saturated carbocycles. The lowest BCUT2D eigenvalue weighted by Crippen LogP contribution is -2.20. The normalized spacial score (nSPS) is 26.3. The predicted octanol–water partition coefficient (Wildman–Crippen LogP) is 4.57. The molecule has 4 heteroatoms. The van der Waals surface area contributed by atoms with E-state index in [1.807, 2.05) is 35.7 Å². The molecule has 3 nitrogen and oxygen atoms in total. The molecule has 2 aliphatic carbocycles. The molecule has 2 fully saturated rings. The van der Waals surface area contributed by atoms with E-state index in [2.05, 4.69) is 10.3 Å². The molecule has 0 aliphatic heterocycles. The number of nitrogens with zero attached hydrogens (tertiary/aromatic N) is 1. The maximum absolute atomic E-state index is 12.2. The summed E-state index contributed by atoms with van der Waals surface area (Å²) in [6.07, 6.45) is 5.99. The van der Waals surface area contributed by atoms with Crippen LogP contribution in [0.15, 0.2) is 35.7 Å². The Bertz CT molecular complexity index is 667. The maximum Gasteiger partial charge on any atom is 0.226 e. The zero-order valence-electron chi connectivity index (χ0n) is 12.5. The van der Waals surface area contributed by atoms with Crippen LogP contribution >= 0.6 is 11.3 Å². The highest BCUT2D eigenvalue weighted by Crippen LogP contribution is 2.49. The van der Waals surface area contributed by atoms with Gasteiger partial charge in [0.15, 0.2) is 5.13 Å². The largest absolute Gasteiger partial charge is 0.302 e. The van der Waals surface area contributed by atoms with Gasteiger partial charge in [-0.2, -0.15) is 0 Å². The van der Waals surface area contributed by atoms with E-state index in [1.165, 1.54) is 37.0 Å². The fourth-order valence-corrected chi connectivity index (χ4v) is 4.84. The van der Waals surface area contributed by atoms with E-state index >= 15 is 0 Å². The molecular formula is C18H20N2OS. The van der Waals surface area contributed by atoms with Crippen molar-refractivity contribution in [3.63, 3.8) is 0 Å². The van der Waals surface area contributed by atoms with Gasteiger partial charge in [-0.1, -0.05) is 36.8 Å². The smallest absolute Gasteiger partial charge is 0.226 e. The Morgan fingerprint density at radius 2 is 2.09 bits per heavy atom. The fraction of sp³-hybridized carbons (Fsp3) is 0.444. The number of thiazole rings is 1. The van der Waals surface area contributed by atoms with Crippen molar-refractivity contribution in [2.75, 3.05) is 5.32 Å². The molecule has 2 aromatic rings. The number of rotatable bonds is 4. The SMILES string of the molecule is O=C(C[C@H]1C[C@H]2CC[C@H]1C2)Nc1nc(-c2ccccc2)cs1. The van der Waals surface area contributed by atoms with Crippen LogP contribution in [0, 0.1) is 17.8 Å². The summed E-state index contributed by atoms with van der Waals surface area (Å²) in [4.78, 5) is 16.8. The first-order valence-electron chi connectivity index (χ1n) is 8.09. The number of aromatic nitrogens is 1. The molecule has 1 aromatic carbocycles. The Morgan fingerprint density at radius 3 is 2.82 bits per heavy atom. The molecule has 0 unspecified atom stereocenters. The highest BCUT2D eigenvalue weighted by Gasteiger charge is 2.40. The molecule has 114 valence electrons. The lowest BCUT2D eigenvalue weighted by molar-refractivity contribution is -0.117. The van der Waals surface area contributed by atoms with Crippen LogP contribution in [0.2, 0.25) is 0 Å². The van der Waals surface area contributed by atoms with Gasteiger partial charge in [-0.15, -0.1) is 11.3 Å². The zero-order valence-corrected chi connectivity index (χ0v) is 13.3. The van der Waals surface area contributed by atoms with Crippen molar-refractivity contribution in [3.8, 4) is 11.3 Å². The third-order valence-electron chi connectivity index (χ3n) is 5.15. The number of benzene rings is 1. The number of hydrogen-bond donors (Lipinski definition) is 1. The van der Waals surface area contributed by atoms with Crippen LogP contribution in [0.5, 0.6) is 0 Å². The van der Waals surface area contributed by atoms with Crippen LogP contribution in [0.25, 0.3) is 11.3 Å². The third kappa shape index (κ3) is 2.80. The first-order valence-corrected chi connectivity index (χ1v) is 8.96. The molecular weight excluding hydrogens is 292 g/mol. The average molecular weight is 312 g/mol. The number of carbonyl (C=O) groups excluding carboxylic acids is 1. The molecule has 0 spiro atoms. The second kappa shape index (κ2) is 5.84. The van der Waals surface area contributed by atoms with Gasteiger partial charge in [-0.05, 0) is 37.0 Å². The first-order chi connectivity index (χ1) is 10.8. The minimum absolute atomic E-state index is 0.131. The van der Waals surface area contributed by atoms with Crippen LogP contribution < -0.4 is 5.32 Å². The van der Waals surface area contributed by atoms with Crippen molar-refractivity contribution in [1.82, 2.24) is 4.98 Å². The van der Waals surface area contributed by atoms with Gasteiger partial charge in [0.1, 0.15) is 0 Å². The molecule has 22 heavy (non-hydrogen) atoms. The van der Waals surface area contributed by atoms with Gasteiger partial charge in [-0.3, -0.25) is 4.79 Å². The zero-order chi connectivity index (χ0) is 14.9. The van der Waals surface area contributed by atoms with E-state index in [9.17, 15) is 4.79 Å². The summed E-state index contributed by atoms with van der Waals surface area (Å²) in [7, 11) is 0. The van der Waals surface area contributed by atoms with E-state index in [0.717, 1.165) is 23.1 Å². The molecule has 3 atom stereocenters. The van der Waals surface area contributed by atoms with Gasteiger partial charge in [0, 0.05) is 17.4 Å². The third-order valence-corrected chi connectivity index (χ3v) is 5.91. The quantitative estimate of drug-likeness (QED) is 0.898. The number of fused-ring (bicyclic) bond motifs is 2. The van der Waals surface area contributed by atoms with Gasteiger partial charge in [0.05, 0.1) is 5.69 Å². The number of carbonyl (C=O) groups is 1. The van der Waals surface area contributed by atoms with Crippen molar-refractivity contribution < 1.29 is 4.79 Å². The van der Waals surface area contributed by atoms with E-state index < -0.39 is 0 Å². The number of anilines is 1. The summed E-state index contributed by atoms with van der Waals surface area (Å²) in [6.45, 7) is 0. The Balaban J connectivity index is 1.37. The van der Waals surface area contributed by atoms with Crippen molar-refractivity contribution in [1.29, 1.82) is 0 Å². The van der Waals surface area contributed by atoms with Gasteiger partial charge >= 0.3 is 0 Å². The Morgan fingerprint density at radius 1 is 1.23 bits per heavy atom. The van der Waals surface area contributed by atoms with Gasteiger partial charge in [0.2, 0.25) is 5.91 Å². The Labute approximate surface area is 134 Å². The molecule has 1 amide bonds. The first kappa shape index (κ1) is 13.9. The highest BCUT2D eigenvalue weighted by atomic mass is 32.1. The molecule has 1 heterocycles. The predicted molar refractivity (Wildman–Crippen MR) is 89.7 cm³/mol. The minimum Gasteiger partial charge on any atom is -0.302 e. The summed E-state index contributed by atoms with van der Waals surface area (Å²) in [5, 5.41) is 5.70. The van der Waals surface area contributed by atoms with Crippen LogP contribution in [0.3, 0.4) is 0 Å². The lowest BCUT2D eigenvalue weighted by atomic mass is 9.86. The summed E-state index contributed by atoms with van der Waals surface area (Å²) in [5.41, 5.74) is 2.02. The van der Waals surface area contributed by atoms with E-state index in [-0.39, 0.29) is 5.91 Å². The van der Waals surface area contributed by atoms with E-state index in [1.54, 1.807) is 0 Å². The second-order valence-electron chi connectivity index (χ2n) is 6.59. The summed E-state index contributed by atoms with van der Waals surface area (Å²) >= 11 is 1.50. The summed E-state index contributed by atoms with van der Waals surface area (Å²) in [5.74, 6) is 2.43.